The third-order valence-electron chi connectivity index (χ3n) is 5.62. The highest BCUT2D eigenvalue weighted by Crippen LogP contribution is 2.27. The topological polar surface area (TPSA) is 79.2 Å². The summed E-state index contributed by atoms with van der Waals surface area (Å²) < 4.78 is 19.8. The van der Waals surface area contributed by atoms with Crippen molar-refractivity contribution in [1.29, 1.82) is 0 Å². The fourth-order valence-corrected chi connectivity index (χ4v) is 3.98. The maximum Gasteiger partial charge on any atom is 0.414 e. The Bertz CT molecular complexity index is 854. The van der Waals surface area contributed by atoms with Crippen molar-refractivity contribution in [2.75, 3.05) is 37.6 Å². The number of hydrogen-bond acceptors (Lipinski definition) is 6. The molecule has 1 unspecified atom stereocenters. The molecule has 2 aliphatic rings. The standard InChI is InChI=1S/C22H31FN4O4/c1-16-14-26(20-6-5-18(27(29)30)13-19(20)23)12-11-25(16)15-17-7-9-24(10-8-17)21(28)31-22(2,3)4/h5-7,9,13,16-17H,8,10-12,14-15H2,1-4H3/t16-,17?/m0/s1. The number of rotatable bonds is 4. The fraction of sp³-hybridized carbons (Fsp3) is 0.591. The molecular weight excluding hydrogens is 403 g/mol. The molecular formula is C22H31FN4O4. The summed E-state index contributed by atoms with van der Waals surface area (Å²) in [7, 11) is 0. The Hall–Kier alpha value is -2.68. The van der Waals surface area contributed by atoms with Gasteiger partial charge in [-0.2, -0.15) is 0 Å². The van der Waals surface area contributed by atoms with E-state index < -0.39 is 16.3 Å². The van der Waals surface area contributed by atoms with E-state index in [1.54, 1.807) is 4.90 Å². The molecule has 0 radical (unpaired) electrons. The second-order valence-corrected chi connectivity index (χ2v) is 9.25. The van der Waals surface area contributed by atoms with Gasteiger partial charge in [-0.3, -0.25) is 19.9 Å². The zero-order chi connectivity index (χ0) is 22.8. The molecule has 1 fully saturated rings. The van der Waals surface area contributed by atoms with Crippen molar-refractivity contribution >= 4 is 17.5 Å². The van der Waals surface area contributed by atoms with Crippen LogP contribution in [0, 0.1) is 21.8 Å². The monoisotopic (exact) mass is 434 g/mol. The lowest BCUT2D eigenvalue weighted by Gasteiger charge is -2.42. The van der Waals surface area contributed by atoms with Crippen molar-refractivity contribution in [2.45, 2.75) is 45.8 Å². The number of non-ortho nitro benzene ring substituents is 1. The molecule has 8 nitrogen and oxygen atoms in total. The minimum Gasteiger partial charge on any atom is -0.443 e. The molecule has 31 heavy (non-hydrogen) atoms. The molecule has 0 saturated carbocycles. The molecule has 2 aliphatic heterocycles. The summed E-state index contributed by atoms with van der Waals surface area (Å²) in [5.74, 6) is -0.226. The summed E-state index contributed by atoms with van der Waals surface area (Å²) >= 11 is 0. The largest absolute Gasteiger partial charge is 0.443 e. The SMILES string of the molecule is C[C@H]1CN(c2ccc([N+](=O)[O-])cc2F)CCN1CC1C=CN(C(=O)OC(C)(C)C)CC1. The minimum atomic E-state index is -0.588. The molecule has 0 aromatic heterocycles. The van der Waals surface area contributed by atoms with Crippen LogP contribution in [0.2, 0.25) is 0 Å². The van der Waals surface area contributed by atoms with Gasteiger partial charge in [0.1, 0.15) is 5.60 Å². The molecule has 1 amide bonds. The van der Waals surface area contributed by atoms with E-state index in [0.717, 1.165) is 25.6 Å². The first-order chi connectivity index (χ1) is 14.5. The van der Waals surface area contributed by atoms with Crippen LogP contribution in [0.5, 0.6) is 0 Å². The van der Waals surface area contributed by atoms with Crippen LogP contribution in [-0.4, -0.2) is 65.2 Å². The lowest BCUT2D eigenvalue weighted by Crippen LogP contribution is -2.53. The first kappa shape index (κ1) is 23.0. The second-order valence-electron chi connectivity index (χ2n) is 9.25. The highest BCUT2D eigenvalue weighted by molar-refractivity contribution is 5.69. The number of nitro groups is 1. The summed E-state index contributed by atoms with van der Waals surface area (Å²) in [6.07, 6.45) is 4.41. The summed E-state index contributed by atoms with van der Waals surface area (Å²) in [4.78, 5) is 28.4. The number of hydrogen-bond donors (Lipinski definition) is 0. The van der Waals surface area contributed by atoms with Crippen LogP contribution >= 0.6 is 0 Å². The molecule has 9 heteroatoms. The highest BCUT2D eigenvalue weighted by Gasteiger charge is 2.29. The van der Waals surface area contributed by atoms with Crippen LogP contribution in [-0.2, 0) is 4.74 Å². The second kappa shape index (κ2) is 9.21. The van der Waals surface area contributed by atoms with Gasteiger partial charge >= 0.3 is 6.09 Å². The lowest BCUT2D eigenvalue weighted by atomic mass is 10.00. The van der Waals surface area contributed by atoms with Gasteiger partial charge in [0.25, 0.3) is 5.69 Å². The van der Waals surface area contributed by atoms with Gasteiger partial charge in [-0.25, -0.2) is 9.18 Å². The quantitative estimate of drug-likeness (QED) is 0.526. The predicted octanol–water partition coefficient (Wildman–Crippen LogP) is 4.02. The van der Waals surface area contributed by atoms with Gasteiger partial charge in [-0.05, 0) is 46.1 Å². The van der Waals surface area contributed by atoms with Crippen LogP contribution in [0.25, 0.3) is 0 Å². The number of carbonyl (C=O) groups excluding carboxylic acids is 1. The number of ether oxygens (including phenoxy) is 1. The van der Waals surface area contributed by atoms with Crippen molar-refractivity contribution in [3.63, 3.8) is 0 Å². The average Bonchev–Trinajstić information content (AvgIpc) is 2.68. The molecule has 2 heterocycles. The number of halogens is 1. The molecule has 3 rings (SSSR count). The highest BCUT2D eigenvalue weighted by atomic mass is 19.1. The molecule has 2 atom stereocenters. The van der Waals surface area contributed by atoms with E-state index in [1.165, 1.54) is 12.1 Å². The van der Waals surface area contributed by atoms with E-state index in [0.29, 0.717) is 31.2 Å². The van der Waals surface area contributed by atoms with Crippen LogP contribution in [0.4, 0.5) is 20.6 Å². The number of nitro benzene ring substituents is 1. The molecule has 1 aromatic carbocycles. The first-order valence-electron chi connectivity index (χ1n) is 10.6. The van der Waals surface area contributed by atoms with Crippen LogP contribution < -0.4 is 4.90 Å². The Kier molecular flexibility index (Phi) is 6.83. The Balaban J connectivity index is 1.54. The minimum absolute atomic E-state index is 0.209. The van der Waals surface area contributed by atoms with Crippen LogP contribution in [0.15, 0.2) is 30.5 Å². The van der Waals surface area contributed by atoms with E-state index in [9.17, 15) is 19.3 Å². The Morgan fingerprint density at radius 1 is 1.29 bits per heavy atom. The summed E-state index contributed by atoms with van der Waals surface area (Å²) in [5, 5.41) is 10.8. The third-order valence-corrected chi connectivity index (χ3v) is 5.62. The maximum atomic E-state index is 14.4. The maximum absolute atomic E-state index is 14.4. The van der Waals surface area contributed by atoms with Crippen molar-refractivity contribution in [1.82, 2.24) is 9.80 Å². The number of anilines is 1. The number of amides is 1. The molecule has 0 N–H and O–H groups in total. The number of nitrogens with zero attached hydrogens (tertiary/aromatic N) is 4. The Morgan fingerprint density at radius 2 is 2.03 bits per heavy atom. The molecule has 1 aromatic rings. The van der Waals surface area contributed by atoms with E-state index in [1.807, 2.05) is 31.9 Å². The number of piperazine rings is 1. The molecule has 0 bridgehead atoms. The molecule has 0 spiro atoms. The van der Waals surface area contributed by atoms with Gasteiger partial charge in [0.15, 0.2) is 5.82 Å². The van der Waals surface area contributed by atoms with Crippen molar-refractivity contribution in [3.05, 3.63) is 46.4 Å². The summed E-state index contributed by atoms with van der Waals surface area (Å²) in [5.41, 5.74) is -0.347. The van der Waals surface area contributed by atoms with Gasteiger partial charge in [-0.15, -0.1) is 0 Å². The van der Waals surface area contributed by atoms with Crippen molar-refractivity contribution in [2.24, 2.45) is 5.92 Å². The Morgan fingerprint density at radius 3 is 2.58 bits per heavy atom. The third kappa shape index (κ3) is 5.94. The van der Waals surface area contributed by atoms with E-state index in [-0.39, 0.29) is 17.8 Å². The van der Waals surface area contributed by atoms with Gasteiger partial charge in [0.05, 0.1) is 16.7 Å². The zero-order valence-corrected chi connectivity index (χ0v) is 18.6. The molecule has 1 saturated heterocycles. The fourth-order valence-electron chi connectivity index (χ4n) is 3.98. The summed E-state index contributed by atoms with van der Waals surface area (Å²) in [6, 6.07) is 4.03. The number of benzene rings is 1. The average molecular weight is 435 g/mol. The van der Waals surface area contributed by atoms with Crippen molar-refractivity contribution in [3.8, 4) is 0 Å². The van der Waals surface area contributed by atoms with Gasteiger partial charge in [-0.1, -0.05) is 6.08 Å². The molecule has 0 aliphatic carbocycles. The zero-order valence-electron chi connectivity index (χ0n) is 18.6. The van der Waals surface area contributed by atoms with Crippen LogP contribution in [0.1, 0.15) is 34.1 Å². The van der Waals surface area contributed by atoms with Gasteiger partial charge in [0, 0.05) is 51.0 Å². The first-order valence-corrected chi connectivity index (χ1v) is 10.6. The van der Waals surface area contributed by atoms with Gasteiger partial charge < -0.3 is 9.64 Å². The Labute approximate surface area is 182 Å². The lowest BCUT2D eigenvalue weighted by molar-refractivity contribution is -0.385. The normalized spacial score (nSPS) is 22.5. The van der Waals surface area contributed by atoms with Gasteiger partial charge in [0.2, 0.25) is 0 Å². The number of carbonyl (C=O) groups is 1. The van der Waals surface area contributed by atoms with Crippen LogP contribution in [0.3, 0.4) is 0 Å². The van der Waals surface area contributed by atoms with E-state index >= 15 is 0 Å². The predicted molar refractivity (Wildman–Crippen MR) is 116 cm³/mol. The molecule has 170 valence electrons. The van der Waals surface area contributed by atoms with E-state index in [2.05, 4.69) is 17.9 Å². The smallest absolute Gasteiger partial charge is 0.414 e. The van der Waals surface area contributed by atoms with Crippen molar-refractivity contribution < 1.29 is 18.8 Å². The summed E-state index contributed by atoms with van der Waals surface area (Å²) in [6.45, 7) is 11.2. The van der Waals surface area contributed by atoms with E-state index in [4.69, 9.17) is 4.74 Å².